The third-order valence-electron chi connectivity index (χ3n) is 4.55. The molecule has 0 saturated carbocycles. The van der Waals surface area contributed by atoms with E-state index in [0.29, 0.717) is 17.1 Å². The Bertz CT molecular complexity index is 884. The van der Waals surface area contributed by atoms with Crippen LogP contribution in [0.5, 0.6) is 0 Å². The zero-order chi connectivity index (χ0) is 19.7. The van der Waals surface area contributed by atoms with Crippen molar-refractivity contribution in [1.29, 1.82) is 0 Å². The maximum absolute atomic E-state index is 13.2. The SMILES string of the molecule is Cc1nc(C)c(C(=O)C2=C(O)C(=O)N(CCC[NH+](C)C)[C@H]2c2cccs2)s1. The summed E-state index contributed by atoms with van der Waals surface area (Å²) in [5.41, 5.74) is 0.807. The van der Waals surface area contributed by atoms with Gasteiger partial charge >= 0.3 is 0 Å². The molecule has 2 aromatic heterocycles. The number of ketones is 1. The molecule has 3 rings (SSSR count). The van der Waals surface area contributed by atoms with Crippen LogP contribution in [0.3, 0.4) is 0 Å². The van der Waals surface area contributed by atoms with Crippen molar-refractivity contribution in [2.75, 3.05) is 27.2 Å². The quantitative estimate of drug-likeness (QED) is 0.689. The smallest absolute Gasteiger partial charge is 0.290 e. The number of aromatic nitrogens is 1. The number of aliphatic hydroxyl groups is 1. The number of rotatable bonds is 7. The zero-order valence-electron chi connectivity index (χ0n) is 15.9. The Kier molecular flexibility index (Phi) is 5.78. The van der Waals surface area contributed by atoms with Crippen LogP contribution < -0.4 is 4.90 Å². The molecule has 1 aliphatic heterocycles. The summed E-state index contributed by atoms with van der Waals surface area (Å²) in [4.78, 5) is 34.6. The van der Waals surface area contributed by atoms with Crippen LogP contribution in [-0.4, -0.2) is 53.9 Å². The van der Waals surface area contributed by atoms with Crippen molar-refractivity contribution >= 4 is 34.4 Å². The number of quaternary nitrogens is 1. The first-order valence-electron chi connectivity index (χ1n) is 8.86. The van der Waals surface area contributed by atoms with Crippen LogP contribution in [0.2, 0.25) is 0 Å². The van der Waals surface area contributed by atoms with Gasteiger partial charge in [0.05, 0.1) is 47.8 Å². The van der Waals surface area contributed by atoms with E-state index in [1.165, 1.54) is 27.6 Å². The molecule has 2 aromatic rings. The molecule has 0 radical (unpaired) electrons. The highest BCUT2D eigenvalue weighted by atomic mass is 32.1. The first-order valence-corrected chi connectivity index (χ1v) is 10.6. The molecule has 1 aliphatic rings. The second-order valence-corrected chi connectivity index (χ2v) is 9.15. The molecule has 1 atom stereocenters. The first kappa shape index (κ1) is 19.7. The number of aliphatic hydroxyl groups excluding tert-OH is 1. The lowest BCUT2D eigenvalue weighted by Crippen LogP contribution is -3.05. The van der Waals surface area contributed by atoms with Crippen LogP contribution in [0.4, 0.5) is 0 Å². The van der Waals surface area contributed by atoms with Crippen LogP contribution in [0.1, 0.15) is 37.7 Å². The Balaban J connectivity index is 1.98. The Labute approximate surface area is 166 Å². The number of carbonyl (C=O) groups excluding carboxylic acids is 2. The average molecular weight is 407 g/mol. The highest BCUT2D eigenvalue weighted by Gasteiger charge is 2.44. The molecule has 1 amide bonds. The monoisotopic (exact) mass is 406 g/mol. The van der Waals surface area contributed by atoms with E-state index < -0.39 is 17.7 Å². The largest absolute Gasteiger partial charge is 0.503 e. The van der Waals surface area contributed by atoms with Crippen molar-refractivity contribution in [1.82, 2.24) is 9.88 Å². The topological polar surface area (TPSA) is 74.9 Å². The molecule has 0 unspecified atom stereocenters. The van der Waals surface area contributed by atoms with Gasteiger partial charge in [-0.1, -0.05) is 6.07 Å². The maximum Gasteiger partial charge on any atom is 0.290 e. The Morgan fingerprint density at radius 2 is 2.11 bits per heavy atom. The van der Waals surface area contributed by atoms with E-state index in [1.54, 1.807) is 11.8 Å². The van der Waals surface area contributed by atoms with E-state index in [1.807, 2.05) is 24.4 Å². The number of Topliss-reactive ketones (excluding diaryl/α,β-unsaturated/α-hetero) is 1. The number of hydrogen-bond acceptors (Lipinski definition) is 6. The van der Waals surface area contributed by atoms with Gasteiger partial charge in [-0.25, -0.2) is 4.98 Å². The molecule has 2 N–H and O–H groups in total. The highest BCUT2D eigenvalue weighted by molar-refractivity contribution is 7.14. The number of carbonyl (C=O) groups is 2. The zero-order valence-corrected chi connectivity index (χ0v) is 17.5. The molecule has 27 heavy (non-hydrogen) atoms. The van der Waals surface area contributed by atoms with Crippen molar-refractivity contribution < 1.29 is 19.6 Å². The number of nitrogens with one attached hydrogen (secondary N) is 1. The number of aryl methyl sites for hydroxylation is 2. The highest BCUT2D eigenvalue weighted by Crippen LogP contribution is 2.41. The van der Waals surface area contributed by atoms with E-state index in [0.717, 1.165) is 22.9 Å². The maximum atomic E-state index is 13.2. The molecule has 8 heteroatoms. The molecular formula is C19H24N3O3S2+. The molecule has 0 aliphatic carbocycles. The van der Waals surface area contributed by atoms with Crippen LogP contribution in [-0.2, 0) is 4.79 Å². The van der Waals surface area contributed by atoms with Gasteiger partial charge in [-0.3, -0.25) is 9.59 Å². The molecule has 0 fully saturated rings. The van der Waals surface area contributed by atoms with E-state index >= 15 is 0 Å². The lowest BCUT2D eigenvalue weighted by Gasteiger charge is -2.25. The number of nitrogens with zero attached hydrogens (tertiary/aromatic N) is 2. The van der Waals surface area contributed by atoms with Crippen molar-refractivity contribution in [2.45, 2.75) is 26.3 Å². The Morgan fingerprint density at radius 1 is 1.37 bits per heavy atom. The molecule has 0 spiro atoms. The molecule has 0 saturated heterocycles. The number of amides is 1. The molecule has 6 nitrogen and oxygen atoms in total. The molecule has 0 aromatic carbocycles. The molecule has 3 heterocycles. The number of thiophene rings is 1. The van der Waals surface area contributed by atoms with Crippen molar-refractivity contribution in [3.63, 3.8) is 0 Å². The number of hydrogen-bond donors (Lipinski definition) is 2. The van der Waals surface area contributed by atoms with Gasteiger partial charge in [-0.05, 0) is 25.3 Å². The van der Waals surface area contributed by atoms with E-state index in [9.17, 15) is 14.7 Å². The van der Waals surface area contributed by atoms with Crippen LogP contribution >= 0.6 is 22.7 Å². The fourth-order valence-electron chi connectivity index (χ4n) is 3.33. The minimum atomic E-state index is -0.538. The third-order valence-corrected chi connectivity index (χ3v) is 6.54. The van der Waals surface area contributed by atoms with Gasteiger partial charge in [-0.2, -0.15) is 0 Å². The summed E-state index contributed by atoms with van der Waals surface area (Å²) in [5, 5.41) is 13.3. The Hall–Kier alpha value is -2.03. The van der Waals surface area contributed by atoms with Crippen molar-refractivity contribution in [3.8, 4) is 0 Å². The summed E-state index contributed by atoms with van der Waals surface area (Å²) in [5.74, 6) is -1.20. The summed E-state index contributed by atoms with van der Waals surface area (Å²) in [6, 6.07) is 3.26. The Morgan fingerprint density at radius 3 is 2.67 bits per heavy atom. The summed E-state index contributed by atoms with van der Waals surface area (Å²) < 4.78 is 0. The van der Waals surface area contributed by atoms with Gasteiger partial charge in [0.25, 0.3) is 5.91 Å². The first-order chi connectivity index (χ1) is 12.8. The van der Waals surface area contributed by atoms with Gasteiger partial charge in [-0.15, -0.1) is 22.7 Å². The lowest BCUT2D eigenvalue weighted by atomic mass is 10.00. The summed E-state index contributed by atoms with van der Waals surface area (Å²) >= 11 is 2.78. The lowest BCUT2D eigenvalue weighted by molar-refractivity contribution is -0.858. The standard InChI is InChI=1S/C19H23N3O3S2/c1-11-18(27-12(2)20-11)16(23)14-15(13-7-5-10-26-13)22(19(25)17(14)24)9-6-8-21(3)4/h5,7,10,15,24H,6,8-9H2,1-4H3/p+1/t15-/m0/s1. The molecular weight excluding hydrogens is 382 g/mol. The predicted molar refractivity (Wildman–Crippen MR) is 107 cm³/mol. The average Bonchev–Trinajstić information content (AvgIpc) is 3.29. The van der Waals surface area contributed by atoms with Gasteiger partial charge < -0.3 is 14.9 Å². The summed E-state index contributed by atoms with van der Waals surface area (Å²) in [6.07, 6.45) is 0.795. The summed E-state index contributed by atoms with van der Waals surface area (Å²) in [7, 11) is 4.12. The van der Waals surface area contributed by atoms with Crippen molar-refractivity contribution in [2.24, 2.45) is 0 Å². The van der Waals surface area contributed by atoms with Crippen LogP contribution in [0, 0.1) is 13.8 Å². The third kappa shape index (κ3) is 3.83. The minimum Gasteiger partial charge on any atom is -0.503 e. The van der Waals surface area contributed by atoms with E-state index in [4.69, 9.17) is 0 Å². The van der Waals surface area contributed by atoms with Crippen LogP contribution in [0.25, 0.3) is 0 Å². The van der Waals surface area contributed by atoms with E-state index in [2.05, 4.69) is 19.1 Å². The van der Waals surface area contributed by atoms with Crippen molar-refractivity contribution in [3.05, 3.63) is 49.3 Å². The van der Waals surface area contributed by atoms with Gasteiger partial charge in [0.15, 0.2) is 5.76 Å². The van der Waals surface area contributed by atoms with E-state index in [-0.39, 0.29) is 11.4 Å². The minimum absolute atomic E-state index is 0.173. The fourth-order valence-corrected chi connectivity index (χ4v) is 5.05. The predicted octanol–water partition coefficient (Wildman–Crippen LogP) is 1.93. The van der Waals surface area contributed by atoms with Gasteiger partial charge in [0.1, 0.15) is 0 Å². The summed E-state index contributed by atoms with van der Waals surface area (Å²) in [6.45, 7) is 5.02. The van der Waals surface area contributed by atoms with Crippen LogP contribution in [0.15, 0.2) is 28.8 Å². The fraction of sp³-hybridized carbons (Fsp3) is 0.421. The second-order valence-electron chi connectivity index (χ2n) is 6.97. The van der Waals surface area contributed by atoms with Gasteiger partial charge in [0.2, 0.25) is 5.78 Å². The normalized spacial score (nSPS) is 17.4. The molecule has 0 bridgehead atoms. The second kappa shape index (κ2) is 7.92. The van der Waals surface area contributed by atoms with Gasteiger partial charge in [0, 0.05) is 17.8 Å². The molecule has 144 valence electrons. The number of thiazole rings is 1.